The molecule has 2 aromatic carbocycles. The first kappa shape index (κ1) is 17.6. The van der Waals surface area contributed by atoms with Gasteiger partial charge in [0.1, 0.15) is 12.4 Å². The monoisotopic (exact) mass is 351 g/mol. The number of hydrogen-bond acceptors (Lipinski definition) is 2. The summed E-state index contributed by atoms with van der Waals surface area (Å²) in [5.74, 6) is 0.638. The van der Waals surface area contributed by atoms with Gasteiger partial charge in [-0.15, -0.1) is 0 Å². The van der Waals surface area contributed by atoms with Crippen molar-refractivity contribution in [2.45, 2.75) is 20.5 Å². The number of hydrogen-bond donors (Lipinski definition) is 0. The van der Waals surface area contributed by atoms with Crippen molar-refractivity contribution in [2.75, 3.05) is 13.1 Å². The third kappa shape index (κ3) is 4.63. The van der Waals surface area contributed by atoms with Crippen LogP contribution < -0.4 is 4.74 Å². The molecule has 2 rings (SSSR count). The summed E-state index contributed by atoms with van der Waals surface area (Å²) in [6, 6.07) is 12.5. The summed E-state index contributed by atoms with van der Waals surface area (Å²) in [6.07, 6.45) is 0. The summed E-state index contributed by atoms with van der Waals surface area (Å²) in [6.45, 7) is 5.61. The molecule has 0 aliphatic carbocycles. The molecule has 3 nitrogen and oxygen atoms in total. The summed E-state index contributed by atoms with van der Waals surface area (Å²) >= 11 is 12.0. The van der Waals surface area contributed by atoms with E-state index in [1.807, 2.05) is 32.0 Å². The molecular formula is C18H19Cl2NO2. The number of amides is 1. The average Bonchev–Trinajstić information content (AvgIpc) is 2.55. The maximum absolute atomic E-state index is 12.4. The molecule has 0 bridgehead atoms. The molecule has 5 heteroatoms. The van der Waals surface area contributed by atoms with Crippen LogP contribution in [0.25, 0.3) is 0 Å². The highest BCUT2D eigenvalue weighted by molar-refractivity contribution is 6.35. The van der Waals surface area contributed by atoms with Crippen molar-refractivity contribution < 1.29 is 9.53 Å². The Kier molecular flexibility index (Phi) is 6.31. The normalized spacial score (nSPS) is 10.4. The third-order valence-corrected chi connectivity index (χ3v) is 4.13. The van der Waals surface area contributed by atoms with Crippen LogP contribution in [-0.4, -0.2) is 23.9 Å². The number of ether oxygens (including phenoxy) is 1. The van der Waals surface area contributed by atoms with Gasteiger partial charge in [0.05, 0.1) is 0 Å². The van der Waals surface area contributed by atoms with E-state index in [1.165, 1.54) is 0 Å². The van der Waals surface area contributed by atoms with Crippen LogP contribution in [0.2, 0.25) is 10.0 Å². The van der Waals surface area contributed by atoms with Gasteiger partial charge in [-0.2, -0.15) is 0 Å². The van der Waals surface area contributed by atoms with E-state index in [0.29, 0.717) is 41.1 Å². The maximum Gasteiger partial charge on any atom is 0.253 e. The van der Waals surface area contributed by atoms with Gasteiger partial charge < -0.3 is 9.64 Å². The predicted octanol–water partition coefficient (Wildman–Crippen LogP) is 5.05. The van der Waals surface area contributed by atoms with Crippen LogP contribution in [0.4, 0.5) is 0 Å². The second-order valence-electron chi connectivity index (χ2n) is 5.03. The lowest BCUT2D eigenvalue weighted by Gasteiger charge is -2.19. The molecule has 0 saturated heterocycles. The minimum absolute atomic E-state index is 0.00461. The molecular weight excluding hydrogens is 333 g/mol. The Morgan fingerprint density at radius 2 is 1.83 bits per heavy atom. The van der Waals surface area contributed by atoms with Crippen LogP contribution in [0.3, 0.4) is 0 Å². The molecule has 0 atom stereocenters. The van der Waals surface area contributed by atoms with Crippen LogP contribution in [0, 0.1) is 0 Å². The Labute approximate surface area is 146 Å². The number of carbonyl (C=O) groups excluding carboxylic acids is 1. The molecule has 0 fully saturated rings. The lowest BCUT2D eigenvalue weighted by atomic mass is 10.2. The maximum atomic E-state index is 12.4. The van der Waals surface area contributed by atoms with Gasteiger partial charge in [-0.25, -0.2) is 0 Å². The average molecular weight is 352 g/mol. The van der Waals surface area contributed by atoms with Gasteiger partial charge in [0.2, 0.25) is 0 Å². The summed E-state index contributed by atoms with van der Waals surface area (Å²) in [5.41, 5.74) is 1.46. The number of carbonyl (C=O) groups is 1. The highest BCUT2D eigenvalue weighted by atomic mass is 35.5. The van der Waals surface area contributed by atoms with E-state index < -0.39 is 0 Å². The van der Waals surface area contributed by atoms with Gasteiger partial charge in [-0.05, 0) is 44.2 Å². The highest BCUT2D eigenvalue weighted by Crippen LogP contribution is 2.23. The summed E-state index contributed by atoms with van der Waals surface area (Å²) in [5, 5.41) is 1.15. The third-order valence-electron chi connectivity index (χ3n) is 3.54. The van der Waals surface area contributed by atoms with Gasteiger partial charge in [0.25, 0.3) is 5.91 Å². The highest BCUT2D eigenvalue weighted by Gasteiger charge is 2.13. The van der Waals surface area contributed by atoms with Crippen LogP contribution in [-0.2, 0) is 6.61 Å². The standard InChI is InChI=1S/C18H19Cl2NO2/c1-3-21(4-2)18(22)13-6-5-7-16(10-13)23-12-14-8-9-15(19)11-17(14)20/h5-11H,3-4,12H2,1-2H3. The largest absolute Gasteiger partial charge is 0.489 e. The fourth-order valence-corrected chi connectivity index (χ4v) is 2.68. The van der Waals surface area contributed by atoms with Crippen molar-refractivity contribution in [1.29, 1.82) is 0 Å². The lowest BCUT2D eigenvalue weighted by Crippen LogP contribution is -2.30. The molecule has 0 spiro atoms. The molecule has 2 aromatic rings. The van der Waals surface area contributed by atoms with Crippen LogP contribution in [0.5, 0.6) is 5.75 Å². The first-order chi connectivity index (χ1) is 11.0. The van der Waals surface area contributed by atoms with Crippen molar-refractivity contribution in [3.05, 3.63) is 63.6 Å². The second-order valence-corrected chi connectivity index (χ2v) is 5.87. The van der Waals surface area contributed by atoms with E-state index in [9.17, 15) is 4.79 Å². The SMILES string of the molecule is CCN(CC)C(=O)c1cccc(OCc2ccc(Cl)cc2Cl)c1. The number of rotatable bonds is 6. The molecule has 0 saturated carbocycles. The summed E-state index contributed by atoms with van der Waals surface area (Å²) in [4.78, 5) is 14.1. The van der Waals surface area contributed by atoms with Crippen molar-refractivity contribution in [3.63, 3.8) is 0 Å². The van der Waals surface area contributed by atoms with E-state index in [0.717, 1.165) is 5.56 Å². The zero-order chi connectivity index (χ0) is 16.8. The molecule has 0 aromatic heterocycles. The van der Waals surface area contributed by atoms with E-state index in [4.69, 9.17) is 27.9 Å². The van der Waals surface area contributed by atoms with E-state index in [-0.39, 0.29) is 5.91 Å². The van der Waals surface area contributed by atoms with Crippen LogP contribution in [0.1, 0.15) is 29.8 Å². The Morgan fingerprint density at radius 3 is 2.48 bits per heavy atom. The number of benzene rings is 2. The molecule has 0 radical (unpaired) electrons. The zero-order valence-electron chi connectivity index (χ0n) is 13.2. The molecule has 0 heterocycles. The Morgan fingerprint density at radius 1 is 1.09 bits per heavy atom. The minimum Gasteiger partial charge on any atom is -0.489 e. The number of halogens is 2. The molecule has 0 aliphatic rings. The van der Waals surface area contributed by atoms with Gasteiger partial charge in [-0.3, -0.25) is 4.79 Å². The van der Waals surface area contributed by atoms with Crippen LogP contribution in [0.15, 0.2) is 42.5 Å². The molecule has 23 heavy (non-hydrogen) atoms. The van der Waals surface area contributed by atoms with Gasteiger partial charge in [0, 0.05) is 34.3 Å². The first-order valence-corrected chi connectivity index (χ1v) is 8.26. The Hall–Kier alpha value is -1.71. The van der Waals surface area contributed by atoms with Gasteiger partial charge in [0.15, 0.2) is 0 Å². The molecule has 0 aliphatic heterocycles. The fraction of sp³-hybridized carbons (Fsp3) is 0.278. The quantitative estimate of drug-likeness (QED) is 0.728. The fourth-order valence-electron chi connectivity index (χ4n) is 2.21. The molecule has 122 valence electrons. The van der Waals surface area contributed by atoms with Crippen molar-refractivity contribution in [3.8, 4) is 5.75 Å². The lowest BCUT2D eigenvalue weighted by molar-refractivity contribution is 0.0772. The predicted molar refractivity (Wildman–Crippen MR) is 94.5 cm³/mol. The van der Waals surface area contributed by atoms with Gasteiger partial charge in [-0.1, -0.05) is 35.3 Å². The smallest absolute Gasteiger partial charge is 0.253 e. The first-order valence-electron chi connectivity index (χ1n) is 7.51. The van der Waals surface area contributed by atoms with E-state index >= 15 is 0 Å². The minimum atomic E-state index is 0.00461. The molecule has 0 N–H and O–H groups in total. The summed E-state index contributed by atoms with van der Waals surface area (Å²) in [7, 11) is 0. The topological polar surface area (TPSA) is 29.5 Å². The Balaban J connectivity index is 2.09. The molecule has 1 amide bonds. The molecule has 0 unspecified atom stereocenters. The van der Waals surface area contributed by atoms with Crippen molar-refractivity contribution in [1.82, 2.24) is 4.90 Å². The Bertz CT molecular complexity index is 684. The van der Waals surface area contributed by atoms with Crippen LogP contribution >= 0.6 is 23.2 Å². The van der Waals surface area contributed by atoms with E-state index in [1.54, 1.807) is 29.2 Å². The number of nitrogens with zero attached hydrogens (tertiary/aromatic N) is 1. The van der Waals surface area contributed by atoms with E-state index in [2.05, 4.69) is 0 Å². The van der Waals surface area contributed by atoms with Crippen molar-refractivity contribution in [2.24, 2.45) is 0 Å². The zero-order valence-corrected chi connectivity index (χ0v) is 14.7. The second kappa shape index (κ2) is 8.23. The van der Waals surface area contributed by atoms with Gasteiger partial charge >= 0.3 is 0 Å². The van der Waals surface area contributed by atoms with Crippen molar-refractivity contribution >= 4 is 29.1 Å². The summed E-state index contributed by atoms with van der Waals surface area (Å²) < 4.78 is 5.75.